The standard InChI is InChI=1S/C36H44N2O6/c1-24-31(22-38-20-8-11-30(38)34(41)44-36(2,3)4)42-35(43-32(24)27-16-14-26(23-39)15-17-27)29-18-12-25(13-19-29)21-37-33(40)28-9-6-5-7-10-28/h5-7,9-10,12-19,24,30-32,35,39H,8,11,20-23H2,1-4H3,(H,37,40)/t24-,30-,31+,32+,35+/m0/s1. The maximum atomic E-state index is 13.1. The van der Waals surface area contributed by atoms with Gasteiger partial charge >= 0.3 is 5.97 Å². The lowest BCUT2D eigenvalue weighted by Crippen LogP contribution is -2.48. The van der Waals surface area contributed by atoms with Gasteiger partial charge in [0.1, 0.15) is 11.6 Å². The Labute approximate surface area is 260 Å². The van der Waals surface area contributed by atoms with E-state index in [4.69, 9.17) is 14.2 Å². The van der Waals surface area contributed by atoms with Gasteiger partial charge in [-0.05, 0) is 69.0 Å². The molecule has 2 saturated heterocycles. The maximum Gasteiger partial charge on any atom is 0.323 e. The highest BCUT2D eigenvalue weighted by Gasteiger charge is 2.42. The third-order valence-electron chi connectivity index (χ3n) is 8.32. The number of nitrogens with one attached hydrogen (secondary N) is 1. The lowest BCUT2D eigenvalue weighted by atomic mass is 9.90. The van der Waals surface area contributed by atoms with E-state index in [1.807, 2.05) is 87.5 Å². The molecule has 5 rings (SSSR count). The molecular weight excluding hydrogens is 556 g/mol. The van der Waals surface area contributed by atoms with Crippen molar-refractivity contribution < 1.29 is 28.9 Å². The molecule has 0 unspecified atom stereocenters. The second-order valence-electron chi connectivity index (χ2n) is 12.8. The number of rotatable bonds is 9. The molecule has 8 nitrogen and oxygen atoms in total. The summed E-state index contributed by atoms with van der Waals surface area (Å²) < 4.78 is 19.0. The van der Waals surface area contributed by atoms with Crippen molar-refractivity contribution in [2.45, 2.75) is 83.8 Å². The molecule has 0 aliphatic carbocycles. The topological polar surface area (TPSA) is 97.3 Å². The van der Waals surface area contributed by atoms with Gasteiger partial charge in [0.25, 0.3) is 5.91 Å². The number of aliphatic hydroxyl groups is 1. The van der Waals surface area contributed by atoms with Crippen LogP contribution in [-0.4, -0.2) is 52.7 Å². The summed E-state index contributed by atoms with van der Waals surface area (Å²) in [6, 6.07) is 24.6. The van der Waals surface area contributed by atoms with Crippen molar-refractivity contribution in [2.24, 2.45) is 5.92 Å². The van der Waals surface area contributed by atoms with E-state index in [2.05, 4.69) is 17.1 Å². The average Bonchev–Trinajstić information content (AvgIpc) is 3.49. The number of likely N-dealkylation sites (tertiary alicyclic amines) is 1. The molecule has 2 N–H and O–H groups in total. The number of hydrogen-bond donors (Lipinski definition) is 2. The predicted octanol–water partition coefficient (Wildman–Crippen LogP) is 5.71. The van der Waals surface area contributed by atoms with Crippen molar-refractivity contribution in [1.82, 2.24) is 10.2 Å². The molecule has 0 radical (unpaired) electrons. The van der Waals surface area contributed by atoms with Gasteiger partial charge in [0.15, 0.2) is 6.29 Å². The molecule has 3 aromatic carbocycles. The third-order valence-corrected chi connectivity index (χ3v) is 8.32. The van der Waals surface area contributed by atoms with Gasteiger partial charge in [-0.1, -0.05) is 73.7 Å². The van der Waals surface area contributed by atoms with Crippen molar-refractivity contribution in [1.29, 1.82) is 0 Å². The minimum atomic E-state index is -0.616. The van der Waals surface area contributed by atoms with E-state index >= 15 is 0 Å². The summed E-state index contributed by atoms with van der Waals surface area (Å²) in [7, 11) is 0. The number of hydrogen-bond acceptors (Lipinski definition) is 7. The number of nitrogens with zero attached hydrogens (tertiary/aromatic N) is 1. The summed E-state index contributed by atoms with van der Waals surface area (Å²) in [4.78, 5) is 27.7. The number of carbonyl (C=O) groups excluding carboxylic acids is 2. The zero-order chi connectivity index (χ0) is 31.3. The number of aliphatic hydroxyl groups excluding tert-OH is 1. The molecule has 2 heterocycles. The minimum Gasteiger partial charge on any atom is -0.459 e. The SMILES string of the molecule is C[C@H]1[C@@H](CN2CCC[C@H]2C(=O)OC(C)(C)C)O[C@@H](c2ccc(CNC(=O)c3ccccc3)cc2)O[C@H]1c1ccc(CO)cc1. The van der Waals surface area contributed by atoms with Crippen LogP contribution in [0.2, 0.25) is 0 Å². The van der Waals surface area contributed by atoms with Crippen LogP contribution >= 0.6 is 0 Å². The van der Waals surface area contributed by atoms with Gasteiger partial charge in [-0.2, -0.15) is 0 Å². The summed E-state index contributed by atoms with van der Waals surface area (Å²) in [5.74, 6) is -0.303. The molecule has 0 aromatic heterocycles. The highest BCUT2D eigenvalue weighted by molar-refractivity contribution is 5.94. The summed E-state index contributed by atoms with van der Waals surface area (Å²) >= 11 is 0. The molecule has 0 spiro atoms. The monoisotopic (exact) mass is 600 g/mol. The summed E-state index contributed by atoms with van der Waals surface area (Å²) in [5, 5.41) is 12.5. The zero-order valence-electron chi connectivity index (χ0n) is 26.1. The first kappa shape index (κ1) is 31.9. The molecular formula is C36H44N2O6. The fraction of sp³-hybridized carbons (Fsp3) is 0.444. The highest BCUT2D eigenvalue weighted by Crippen LogP contribution is 2.42. The van der Waals surface area contributed by atoms with Crippen LogP contribution in [0.4, 0.5) is 0 Å². The Morgan fingerprint density at radius 3 is 2.25 bits per heavy atom. The Bertz CT molecular complexity index is 1390. The van der Waals surface area contributed by atoms with Crippen molar-refractivity contribution in [3.05, 3.63) is 107 Å². The molecule has 44 heavy (non-hydrogen) atoms. The molecule has 3 aromatic rings. The number of amides is 1. The van der Waals surface area contributed by atoms with E-state index in [-0.39, 0.29) is 42.7 Å². The first-order valence-electron chi connectivity index (χ1n) is 15.5. The van der Waals surface area contributed by atoms with E-state index in [9.17, 15) is 14.7 Å². The van der Waals surface area contributed by atoms with Gasteiger partial charge < -0.3 is 24.6 Å². The van der Waals surface area contributed by atoms with Gasteiger partial charge in [-0.3, -0.25) is 14.5 Å². The minimum absolute atomic E-state index is 0.00131. The molecule has 2 aliphatic heterocycles. The van der Waals surface area contributed by atoms with Crippen LogP contribution < -0.4 is 5.32 Å². The van der Waals surface area contributed by atoms with Gasteiger partial charge in [0.05, 0.1) is 18.8 Å². The smallest absolute Gasteiger partial charge is 0.323 e. The van der Waals surface area contributed by atoms with Crippen molar-refractivity contribution in [3.8, 4) is 0 Å². The van der Waals surface area contributed by atoms with Crippen LogP contribution in [0.15, 0.2) is 78.9 Å². The molecule has 0 saturated carbocycles. The molecule has 2 aliphatic rings. The number of ether oxygens (including phenoxy) is 3. The molecule has 2 fully saturated rings. The quantitative estimate of drug-likeness (QED) is 0.304. The van der Waals surface area contributed by atoms with Crippen LogP contribution in [0.25, 0.3) is 0 Å². The predicted molar refractivity (Wildman–Crippen MR) is 167 cm³/mol. The fourth-order valence-corrected chi connectivity index (χ4v) is 5.91. The summed E-state index contributed by atoms with van der Waals surface area (Å²) in [6.07, 6.45) is 0.626. The zero-order valence-corrected chi connectivity index (χ0v) is 26.1. The number of carbonyl (C=O) groups is 2. The van der Waals surface area contributed by atoms with Gasteiger partial charge in [-0.15, -0.1) is 0 Å². The summed E-state index contributed by atoms with van der Waals surface area (Å²) in [6.45, 7) is 9.59. The Balaban J connectivity index is 1.32. The van der Waals surface area contributed by atoms with E-state index in [1.54, 1.807) is 12.1 Å². The number of benzene rings is 3. The molecule has 0 bridgehead atoms. The van der Waals surface area contributed by atoms with E-state index < -0.39 is 11.9 Å². The van der Waals surface area contributed by atoms with Crippen molar-refractivity contribution in [3.63, 3.8) is 0 Å². The van der Waals surface area contributed by atoms with Crippen molar-refractivity contribution >= 4 is 11.9 Å². The summed E-state index contributed by atoms with van der Waals surface area (Å²) in [5.41, 5.74) is 3.78. The molecule has 1 amide bonds. The number of esters is 1. The van der Waals surface area contributed by atoms with Crippen LogP contribution in [0.3, 0.4) is 0 Å². The molecule has 8 heteroatoms. The Morgan fingerprint density at radius 2 is 1.59 bits per heavy atom. The Hall–Kier alpha value is -3.56. The third kappa shape index (κ3) is 7.93. The first-order valence-corrected chi connectivity index (χ1v) is 15.5. The lowest BCUT2D eigenvalue weighted by Gasteiger charge is -2.43. The first-order chi connectivity index (χ1) is 21.1. The average molecular weight is 601 g/mol. The van der Waals surface area contributed by atoms with E-state index in [0.717, 1.165) is 41.6 Å². The van der Waals surface area contributed by atoms with Crippen LogP contribution in [0.1, 0.15) is 85.5 Å². The molecule has 5 atom stereocenters. The van der Waals surface area contributed by atoms with Gasteiger partial charge in [0, 0.05) is 30.1 Å². The van der Waals surface area contributed by atoms with Crippen LogP contribution in [0, 0.1) is 5.92 Å². The lowest BCUT2D eigenvalue weighted by molar-refractivity contribution is -0.276. The fourth-order valence-electron chi connectivity index (χ4n) is 5.91. The maximum absolute atomic E-state index is 13.1. The van der Waals surface area contributed by atoms with E-state index in [0.29, 0.717) is 18.7 Å². The van der Waals surface area contributed by atoms with Crippen LogP contribution in [-0.2, 0) is 32.2 Å². The van der Waals surface area contributed by atoms with Crippen molar-refractivity contribution in [2.75, 3.05) is 13.1 Å². The highest BCUT2D eigenvalue weighted by atomic mass is 16.7. The largest absolute Gasteiger partial charge is 0.459 e. The van der Waals surface area contributed by atoms with E-state index in [1.165, 1.54) is 0 Å². The Morgan fingerprint density at radius 1 is 0.932 bits per heavy atom. The van der Waals surface area contributed by atoms with Crippen LogP contribution in [0.5, 0.6) is 0 Å². The second kappa shape index (κ2) is 14.0. The normalized spacial score (nSPS) is 24.2. The van der Waals surface area contributed by atoms with Gasteiger partial charge in [-0.25, -0.2) is 0 Å². The Kier molecular flexibility index (Phi) is 10.2. The molecule has 234 valence electrons. The second-order valence-corrected chi connectivity index (χ2v) is 12.8. The van der Waals surface area contributed by atoms with Gasteiger partial charge in [0.2, 0.25) is 0 Å².